The number of nitrogens with two attached hydrogens (primary N) is 1. The minimum absolute atomic E-state index is 0.250. The number of carbonyl (C=O) groups is 1. The van der Waals surface area contributed by atoms with E-state index in [4.69, 9.17) is 10.8 Å². The molecular formula is C32H33N7O. The zero-order valence-corrected chi connectivity index (χ0v) is 22.7. The summed E-state index contributed by atoms with van der Waals surface area (Å²) in [4.78, 5) is 19.9. The third-order valence-corrected chi connectivity index (χ3v) is 7.36. The van der Waals surface area contributed by atoms with Gasteiger partial charge in [-0.15, -0.1) is 10.2 Å². The first-order valence-electron chi connectivity index (χ1n) is 13.6. The number of amides is 1. The fourth-order valence-corrected chi connectivity index (χ4v) is 5.23. The molecule has 6 rings (SSSR count). The van der Waals surface area contributed by atoms with Crippen LogP contribution in [0, 0.1) is 0 Å². The molecule has 0 aliphatic carbocycles. The second-order valence-corrected chi connectivity index (χ2v) is 10.8. The van der Waals surface area contributed by atoms with E-state index in [-0.39, 0.29) is 5.91 Å². The molecule has 8 heteroatoms. The van der Waals surface area contributed by atoms with Crippen molar-refractivity contribution in [3.63, 3.8) is 0 Å². The first kappa shape index (κ1) is 25.6. The lowest BCUT2D eigenvalue weighted by atomic mass is 10.0. The number of para-hydroxylation sites is 3. The standard InChI is InChI=1S/C32H33N7O/c1-32(2,33)31(40)36-28(18-22-20-35-27-15-9-7-13-25(22)27)30-38-37-29(39(30)23-10-4-3-5-11-23)17-16-21-19-34-26-14-8-6-12-24(21)26/h3-15,19-20,28,34-35H,16-18,33H2,1-2H3,(H,36,40). The molecule has 0 fully saturated rings. The highest BCUT2D eigenvalue weighted by Gasteiger charge is 2.30. The molecule has 0 bridgehead atoms. The lowest BCUT2D eigenvalue weighted by Gasteiger charge is -2.24. The Morgan fingerprint density at radius 2 is 1.45 bits per heavy atom. The van der Waals surface area contributed by atoms with Crippen LogP contribution in [0.4, 0.5) is 0 Å². The second kappa shape index (κ2) is 10.5. The number of aromatic amines is 2. The van der Waals surface area contributed by atoms with Crippen LogP contribution in [0.1, 0.15) is 42.7 Å². The van der Waals surface area contributed by atoms with Crippen molar-refractivity contribution in [1.82, 2.24) is 30.0 Å². The van der Waals surface area contributed by atoms with E-state index >= 15 is 0 Å². The summed E-state index contributed by atoms with van der Waals surface area (Å²) >= 11 is 0. The fraction of sp³-hybridized carbons (Fsp3) is 0.219. The molecule has 3 aromatic carbocycles. The van der Waals surface area contributed by atoms with Gasteiger partial charge < -0.3 is 21.0 Å². The van der Waals surface area contributed by atoms with Crippen molar-refractivity contribution in [2.45, 2.75) is 44.7 Å². The number of H-pyrrole nitrogens is 2. The molecule has 0 aliphatic rings. The van der Waals surface area contributed by atoms with Gasteiger partial charge in [0.05, 0.1) is 11.6 Å². The maximum Gasteiger partial charge on any atom is 0.240 e. The van der Waals surface area contributed by atoms with Gasteiger partial charge >= 0.3 is 0 Å². The van der Waals surface area contributed by atoms with Gasteiger partial charge in [0.15, 0.2) is 5.82 Å². The third kappa shape index (κ3) is 5.01. The lowest BCUT2D eigenvalue weighted by Crippen LogP contribution is -2.50. The molecule has 8 nitrogen and oxygen atoms in total. The molecule has 0 saturated carbocycles. The number of hydrogen-bond donors (Lipinski definition) is 4. The van der Waals surface area contributed by atoms with E-state index in [1.165, 1.54) is 10.9 Å². The van der Waals surface area contributed by atoms with Crippen molar-refractivity contribution in [2.75, 3.05) is 0 Å². The highest BCUT2D eigenvalue weighted by molar-refractivity contribution is 5.86. The first-order valence-corrected chi connectivity index (χ1v) is 13.6. The lowest BCUT2D eigenvalue weighted by molar-refractivity contribution is -0.126. The number of nitrogens with one attached hydrogen (secondary N) is 3. The molecule has 0 saturated heterocycles. The SMILES string of the molecule is CC(C)(N)C(=O)NC(Cc1c[nH]c2ccccc12)c1nnc(CCc2c[nH]c3ccccc23)n1-c1ccccc1. The predicted molar refractivity (Wildman–Crippen MR) is 158 cm³/mol. The van der Waals surface area contributed by atoms with Crippen molar-refractivity contribution in [3.8, 4) is 5.69 Å². The normalized spacial score (nSPS) is 12.7. The molecule has 40 heavy (non-hydrogen) atoms. The molecule has 0 spiro atoms. The maximum atomic E-state index is 13.2. The number of benzene rings is 3. The van der Waals surface area contributed by atoms with E-state index in [1.54, 1.807) is 13.8 Å². The summed E-state index contributed by atoms with van der Waals surface area (Å²) in [5.41, 5.74) is 10.6. The zero-order valence-electron chi connectivity index (χ0n) is 22.7. The molecule has 1 unspecified atom stereocenters. The van der Waals surface area contributed by atoms with Gasteiger partial charge in [-0.25, -0.2) is 0 Å². The van der Waals surface area contributed by atoms with Crippen molar-refractivity contribution >= 4 is 27.7 Å². The van der Waals surface area contributed by atoms with Crippen LogP contribution in [0.5, 0.6) is 0 Å². The zero-order chi connectivity index (χ0) is 27.7. The summed E-state index contributed by atoms with van der Waals surface area (Å²) in [7, 11) is 0. The molecule has 3 heterocycles. The maximum absolute atomic E-state index is 13.2. The Hall–Kier alpha value is -4.69. The summed E-state index contributed by atoms with van der Waals surface area (Å²) in [5, 5.41) is 14.9. The van der Waals surface area contributed by atoms with Crippen LogP contribution >= 0.6 is 0 Å². The van der Waals surface area contributed by atoms with E-state index in [1.807, 2.05) is 60.8 Å². The van der Waals surface area contributed by atoms with Crippen LogP contribution in [0.25, 0.3) is 27.5 Å². The van der Waals surface area contributed by atoms with E-state index in [0.29, 0.717) is 18.7 Å². The van der Waals surface area contributed by atoms with E-state index in [9.17, 15) is 4.79 Å². The van der Waals surface area contributed by atoms with Crippen molar-refractivity contribution in [2.24, 2.45) is 5.73 Å². The van der Waals surface area contributed by atoms with Crippen LogP contribution in [-0.2, 0) is 24.1 Å². The monoisotopic (exact) mass is 531 g/mol. The van der Waals surface area contributed by atoms with E-state index in [2.05, 4.69) is 55.4 Å². The molecule has 0 aliphatic heterocycles. The second-order valence-electron chi connectivity index (χ2n) is 10.8. The first-order chi connectivity index (χ1) is 19.4. The fourth-order valence-electron chi connectivity index (χ4n) is 5.23. The molecule has 0 radical (unpaired) electrons. The molecule has 1 amide bonds. The Morgan fingerprint density at radius 1 is 0.850 bits per heavy atom. The topological polar surface area (TPSA) is 117 Å². The summed E-state index contributed by atoms with van der Waals surface area (Å²) in [6, 6.07) is 26.1. The largest absolute Gasteiger partial charge is 0.361 e. The van der Waals surface area contributed by atoms with Crippen LogP contribution < -0.4 is 11.1 Å². The molecule has 3 aromatic heterocycles. The summed E-state index contributed by atoms with van der Waals surface area (Å²) in [6.45, 7) is 3.42. The number of aryl methyl sites for hydroxylation is 2. The van der Waals surface area contributed by atoms with Gasteiger partial charge in [-0.1, -0.05) is 54.6 Å². The Morgan fingerprint density at radius 3 is 2.12 bits per heavy atom. The van der Waals surface area contributed by atoms with Gasteiger partial charge in [0.2, 0.25) is 5.91 Å². The van der Waals surface area contributed by atoms with Crippen LogP contribution in [0.3, 0.4) is 0 Å². The minimum atomic E-state index is -1.05. The molecule has 5 N–H and O–H groups in total. The van der Waals surface area contributed by atoms with Crippen molar-refractivity contribution < 1.29 is 4.79 Å². The van der Waals surface area contributed by atoms with E-state index in [0.717, 1.165) is 39.9 Å². The average Bonchev–Trinajstić information content (AvgIpc) is 3.68. The quantitative estimate of drug-likeness (QED) is 0.206. The van der Waals surface area contributed by atoms with Crippen LogP contribution in [0.15, 0.2) is 91.3 Å². The summed E-state index contributed by atoms with van der Waals surface area (Å²) < 4.78 is 2.08. The minimum Gasteiger partial charge on any atom is -0.361 e. The number of carbonyl (C=O) groups excluding carboxylic acids is 1. The number of nitrogens with zero attached hydrogens (tertiary/aromatic N) is 3. The summed E-state index contributed by atoms with van der Waals surface area (Å²) in [6.07, 6.45) is 6.07. The van der Waals surface area contributed by atoms with Crippen molar-refractivity contribution in [3.05, 3.63) is 114 Å². The Bertz CT molecular complexity index is 1770. The predicted octanol–water partition coefficient (Wildman–Crippen LogP) is 5.15. The average molecular weight is 532 g/mol. The molecular weight excluding hydrogens is 498 g/mol. The highest BCUT2D eigenvalue weighted by atomic mass is 16.2. The number of fused-ring (bicyclic) bond motifs is 2. The van der Waals surface area contributed by atoms with E-state index < -0.39 is 11.6 Å². The third-order valence-electron chi connectivity index (χ3n) is 7.36. The van der Waals surface area contributed by atoms with Crippen LogP contribution in [-0.4, -0.2) is 36.2 Å². The highest BCUT2D eigenvalue weighted by Crippen LogP contribution is 2.27. The van der Waals surface area contributed by atoms with Gasteiger partial charge in [0.25, 0.3) is 0 Å². The number of hydrogen-bond acceptors (Lipinski definition) is 4. The van der Waals surface area contributed by atoms with Gasteiger partial charge in [-0.05, 0) is 55.7 Å². The Kier molecular flexibility index (Phi) is 6.69. The molecule has 1 atom stereocenters. The number of rotatable bonds is 9. The van der Waals surface area contributed by atoms with Gasteiger partial charge in [0, 0.05) is 52.7 Å². The number of aromatic nitrogens is 5. The van der Waals surface area contributed by atoms with Crippen molar-refractivity contribution in [1.29, 1.82) is 0 Å². The van der Waals surface area contributed by atoms with Crippen LogP contribution in [0.2, 0.25) is 0 Å². The Balaban J connectivity index is 1.40. The van der Waals surface area contributed by atoms with Gasteiger partial charge in [-0.3, -0.25) is 9.36 Å². The van der Waals surface area contributed by atoms with Gasteiger partial charge in [0.1, 0.15) is 5.82 Å². The Labute approximate surface area is 232 Å². The smallest absolute Gasteiger partial charge is 0.240 e. The van der Waals surface area contributed by atoms with Gasteiger partial charge in [-0.2, -0.15) is 0 Å². The molecule has 6 aromatic rings. The molecule has 202 valence electrons. The summed E-state index contributed by atoms with van der Waals surface area (Å²) in [5.74, 6) is 1.25.